The number of imidazole rings is 1. The molecule has 0 aliphatic heterocycles. The van der Waals surface area contributed by atoms with E-state index in [0.717, 1.165) is 16.9 Å². The van der Waals surface area contributed by atoms with Crippen LogP contribution in [0, 0.1) is 6.92 Å². The summed E-state index contributed by atoms with van der Waals surface area (Å²) in [5.41, 5.74) is 2.57. The quantitative estimate of drug-likeness (QED) is 0.813. The van der Waals surface area contributed by atoms with Gasteiger partial charge >= 0.3 is 0 Å². The molecule has 0 aliphatic rings. The predicted octanol–water partition coefficient (Wildman–Crippen LogP) is 1.23. The van der Waals surface area contributed by atoms with Crippen LogP contribution in [0.3, 0.4) is 0 Å². The van der Waals surface area contributed by atoms with E-state index in [-0.39, 0.29) is 6.61 Å². The number of rotatable bonds is 2. The van der Waals surface area contributed by atoms with E-state index >= 15 is 0 Å². The van der Waals surface area contributed by atoms with Gasteiger partial charge in [0.1, 0.15) is 5.15 Å². The van der Waals surface area contributed by atoms with Gasteiger partial charge in [0.2, 0.25) is 0 Å². The largest absolute Gasteiger partial charge is 0.396 e. The van der Waals surface area contributed by atoms with Gasteiger partial charge in [-0.1, -0.05) is 11.6 Å². The highest BCUT2D eigenvalue weighted by Gasteiger charge is 2.06. The van der Waals surface area contributed by atoms with Gasteiger partial charge in [-0.3, -0.25) is 0 Å². The first kappa shape index (κ1) is 9.43. The molecule has 0 bridgehead atoms. The van der Waals surface area contributed by atoms with Crippen molar-refractivity contribution < 1.29 is 5.11 Å². The van der Waals surface area contributed by atoms with E-state index in [1.165, 1.54) is 0 Å². The van der Waals surface area contributed by atoms with Crippen LogP contribution in [0.25, 0.3) is 5.65 Å². The average molecular weight is 212 g/mol. The molecule has 1 N–H and O–H groups in total. The van der Waals surface area contributed by atoms with E-state index in [1.807, 2.05) is 13.1 Å². The number of aliphatic hydroxyl groups excluding tert-OH is 1. The lowest BCUT2D eigenvalue weighted by molar-refractivity contribution is 0.300. The Morgan fingerprint density at radius 1 is 1.57 bits per heavy atom. The Labute approximate surface area is 86.1 Å². The molecule has 0 radical (unpaired) electrons. The highest BCUT2D eigenvalue weighted by atomic mass is 35.5. The van der Waals surface area contributed by atoms with Crippen molar-refractivity contribution in [3.05, 3.63) is 28.7 Å². The lowest BCUT2D eigenvalue weighted by atomic mass is 10.2. The first-order valence-corrected chi connectivity index (χ1v) is 4.71. The minimum Gasteiger partial charge on any atom is -0.396 e. The van der Waals surface area contributed by atoms with Crippen LogP contribution in [-0.2, 0) is 6.42 Å². The summed E-state index contributed by atoms with van der Waals surface area (Å²) in [6.07, 6.45) is 2.35. The van der Waals surface area contributed by atoms with Crippen molar-refractivity contribution in [2.75, 3.05) is 6.61 Å². The molecule has 0 atom stereocenters. The molecule has 0 saturated heterocycles. The summed E-state index contributed by atoms with van der Waals surface area (Å²) in [5, 5.41) is 13.4. The van der Waals surface area contributed by atoms with Gasteiger partial charge in [-0.05, 0) is 19.4 Å². The van der Waals surface area contributed by atoms with Crippen molar-refractivity contribution in [1.82, 2.24) is 14.6 Å². The van der Waals surface area contributed by atoms with Crippen LogP contribution in [0.15, 0.2) is 12.3 Å². The number of hydrogen-bond donors (Lipinski definition) is 1. The van der Waals surface area contributed by atoms with Crippen molar-refractivity contribution in [1.29, 1.82) is 0 Å². The Morgan fingerprint density at radius 2 is 2.36 bits per heavy atom. The summed E-state index contributed by atoms with van der Waals surface area (Å²) < 4.78 is 1.64. The third-order valence-electron chi connectivity index (χ3n) is 1.97. The van der Waals surface area contributed by atoms with Crippen molar-refractivity contribution >= 4 is 17.2 Å². The Bertz CT molecular complexity index is 466. The summed E-state index contributed by atoms with van der Waals surface area (Å²) in [6.45, 7) is 1.98. The fraction of sp³-hybridized carbons (Fsp3) is 0.333. The minimum atomic E-state index is 0.0852. The van der Waals surface area contributed by atoms with Gasteiger partial charge < -0.3 is 5.11 Å². The third kappa shape index (κ3) is 1.58. The Morgan fingerprint density at radius 3 is 3.07 bits per heavy atom. The maximum absolute atomic E-state index is 8.88. The van der Waals surface area contributed by atoms with E-state index in [1.54, 1.807) is 10.6 Å². The van der Waals surface area contributed by atoms with E-state index in [0.29, 0.717) is 11.6 Å². The summed E-state index contributed by atoms with van der Waals surface area (Å²) in [4.78, 5) is 4.30. The molecular formula is C9H10ClN3O. The van der Waals surface area contributed by atoms with Crippen LogP contribution in [-0.4, -0.2) is 26.3 Å². The lowest BCUT2D eigenvalue weighted by Crippen LogP contribution is -1.99. The highest BCUT2D eigenvalue weighted by Crippen LogP contribution is 2.14. The molecule has 0 saturated carbocycles. The van der Waals surface area contributed by atoms with Crippen LogP contribution < -0.4 is 0 Å². The number of aromatic nitrogens is 3. The smallest absolute Gasteiger partial charge is 0.157 e. The highest BCUT2D eigenvalue weighted by molar-refractivity contribution is 6.29. The number of aryl methyl sites for hydroxylation is 1. The topological polar surface area (TPSA) is 50.4 Å². The number of nitrogens with zero attached hydrogens (tertiary/aromatic N) is 3. The van der Waals surface area contributed by atoms with Gasteiger partial charge in [-0.25, -0.2) is 9.50 Å². The van der Waals surface area contributed by atoms with Gasteiger partial charge in [0.15, 0.2) is 5.65 Å². The van der Waals surface area contributed by atoms with Crippen LogP contribution in [0.5, 0.6) is 0 Å². The summed E-state index contributed by atoms with van der Waals surface area (Å²) >= 11 is 5.83. The Kier molecular flexibility index (Phi) is 2.39. The van der Waals surface area contributed by atoms with E-state index in [9.17, 15) is 0 Å². The molecular weight excluding hydrogens is 202 g/mol. The second-order valence-electron chi connectivity index (χ2n) is 3.12. The molecule has 2 aromatic heterocycles. The maximum Gasteiger partial charge on any atom is 0.157 e. The molecule has 0 fully saturated rings. The fourth-order valence-corrected chi connectivity index (χ4v) is 1.64. The predicted molar refractivity (Wildman–Crippen MR) is 53.5 cm³/mol. The monoisotopic (exact) mass is 211 g/mol. The molecule has 0 unspecified atom stereocenters. The minimum absolute atomic E-state index is 0.0852. The van der Waals surface area contributed by atoms with E-state index in [4.69, 9.17) is 16.7 Å². The van der Waals surface area contributed by atoms with Crippen LogP contribution in [0.4, 0.5) is 0 Å². The lowest BCUT2D eigenvalue weighted by Gasteiger charge is -2.01. The van der Waals surface area contributed by atoms with Crippen LogP contribution >= 0.6 is 11.6 Å². The summed E-state index contributed by atoms with van der Waals surface area (Å²) in [6, 6.07) is 1.74. The molecule has 2 rings (SSSR count). The average Bonchev–Trinajstić information content (AvgIpc) is 2.45. The number of aliphatic hydroxyl groups is 1. The Balaban J connectivity index is 2.66. The standard InChI is InChI=1S/C9H10ClN3O/c1-6-5-13-9(11-6)7(2-3-14)4-8(10)12-13/h4-5,14H,2-3H2,1H3. The molecule has 2 aromatic rings. The molecule has 74 valence electrons. The fourth-order valence-electron chi connectivity index (χ4n) is 1.42. The molecule has 0 spiro atoms. The molecule has 14 heavy (non-hydrogen) atoms. The zero-order valence-corrected chi connectivity index (χ0v) is 8.49. The van der Waals surface area contributed by atoms with Crippen molar-refractivity contribution in [2.45, 2.75) is 13.3 Å². The van der Waals surface area contributed by atoms with Gasteiger partial charge in [-0.2, -0.15) is 5.10 Å². The van der Waals surface area contributed by atoms with Gasteiger partial charge in [0, 0.05) is 12.2 Å². The zero-order valence-electron chi connectivity index (χ0n) is 7.74. The summed E-state index contributed by atoms with van der Waals surface area (Å²) in [5.74, 6) is 0. The van der Waals surface area contributed by atoms with Crippen molar-refractivity contribution in [3.8, 4) is 0 Å². The molecule has 0 aromatic carbocycles. The molecule has 5 heteroatoms. The first-order valence-electron chi connectivity index (χ1n) is 4.33. The molecule has 4 nitrogen and oxygen atoms in total. The van der Waals surface area contributed by atoms with Crippen molar-refractivity contribution in [2.24, 2.45) is 0 Å². The van der Waals surface area contributed by atoms with Crippen LogP contribution in [0.2, 0.25) is 5.15 Å². The zero-order chi connectivity index (χ0) is 10.1. The van der Waals surface area contributed by atoms with Gasteiger partial charge in [-0.15, -0.1) is 0 Å². The first-order chi connectivity index (χ1) is 6.70. The van der Waals surface area contributed by atoms with E-state index < -0.39 is 0 Å². The molecule has 0 amide bonds. The Hall–Kier alpha value is -1.13. The summed E-state index contributed by atoms with van der Waals surface area (Å²) in [7, 11) is 0. The maximum atomic E-state index is 8.88. The second kappa shape index (κ2) is 3.55. The van der Waals surface area contributed by atoms with Crippen LogP contribution in [0.1, 0.15) is 11.3 Å². The molecule has 0 aliphatic carbocycles. The number of halogens is 1. The normalized spacial score (nSPS) is 11.1. The number of hydrogen-bond acceptors (Lipinski definition) is 3. The van der Waals surface area contributed by atoms with Gasteiger partial charge in [0.05, 0.1) is 11.9 Å². The van der Waals surface area contributed by atoms with Gasteiger partial charge in [0.25, 0.3) is 0 Å². The van der Waals surface area contributed by atoms with Crippen molar-refractivity contribution in [3.63, 3.8) is 0 Å². The SMILES string of the molecule is Cc1cn2nc(Cl)cc(CCO)c2n1. The molecule has 2 heterocycles. The number of fused-ring (bicyclic) bond motifs is 1. The third-order valence-corrected chi connectivity index (χ3v) is 2.16. The second-order valence-corrected chi connectivity index (χ2v) is 3.50. The van der Waals surface area contributed by atoms with E-state index in [2.05, 4.69) is 10.1 Å².